The van der Waals surface area contributed by atoms with E-state index in [0.717, 1.165) is 10.5 Å². The number of nitrogens with zero attached hydrogens (tertiary/aromatic N) is 1. The zero-order valence-electron chi connectivity index (χ0n) is 9.16. The number of alkyl halides is 1. The molecule has 4 heteroatoms. The summed E-state index contributed by atoms with van der Waals surface area (Å²) in [7, 11) is 0. The molecule has 1 aromatic rings. The van der Waals surface area contributed by atoms with Crippen molar-refractivity contribution in [3.05, 3.63) is 34.9 Å². The molecule has 0 aliphatic carbocycles. The molecule has 2 rings (SSSR count). The topological polar surface area (TPSA) is 37.4 Å². The van der Waals surface area contributed by atoms with Crippen LogP contribution in [0.4, 0.5) is 4.39 Å². The van der Waals surface area contributed by atoms with Gasteiger partial charge in [-0.1, -0.05) is 11.6 Å². The van der Waals surface area contributed by atoms with E-state index in [1.807, 2.05) is 6.92 Å². The number of rotatable bonds is 2. The Balaban J connectivity index is 2.48. The molecular weight excluding hydrogens is 209 g/mol. The molecule has 84 valence electrons. The number of carbonyl (C=O) groups is 2. The van der Waals surface area contributed by atoms with Gasteiger partial charge in [0.2, 0.25) is 0 Å². The molecule has 1 aliphatic rings. The minimum atomic E-state index is -0.718. The number of halogens is 1. The van der Waals surface area contributed by atoms with Gasteiger partial charge < -0.3 is 0 Å². The van der Waals surface area contributed by atoms with Crippen LogP contribution in [-0.2, 0) is 0 Å². The average Bonchev–Trinajstić information content (AvgIpc) is 2.51. The Morgan fingerprint density at radius 3 is 2.50 bits per heavy atom. The molecule has 0 unspecified atom stereocenters. The summed E-state index contributed by atoms with van der Waals surface area (Å²) in [6.45, 7) is 2.65. The zero-order valence-corrected chi connectivity index (χ0v) is 9.16. The van der Waals surface area contributed by atoms with Crippen LogP contribution in [0.2, 0.25) is 0 Å². The first-order valence-electron chi connectivity index (χ1n) is 5.10. The molecule has 0 saturated heterocycles. The van der Waals surface area contributed by atoms with Gasteiger partial charge in [-0.25, -0.2) is 4.39 Å². The first-order valence-corrected chi connectivity index (χ1v) is 5.10. The minimum Gasteiger partial charge on any atom is -0.269 e. The highest BCUT2D eigenvalue weighted by Crippen LogP contribution is 2.25. The number of benzene rings is 1. The summed E-state index contributed by atoms with van der Waals surface area (Å²) in [6.07, 6.45) is 0. The quantitative estimate of drug-likeness (QED) is 0.716. The highest BCUT2D eigenvalue weighted by Gasteiger charge is 2.38. The SMILES string of the molecule is Cc1ccc2c(c1)C(=O)N([C@@H](C)CF)C2=O. The molecule has 1 atom stereocenters. The summed E-state index contributed by atoms with van der Waals surface area (Å²) in [5.41, 5.74) is 1.66. The molecule has 0 bridgehead atoms. The van der Waals surface area contributed by atoms with E-state index in [1.165, 1.54) is 6.92 Å². The molecule has 0 spiro atoms. The van der Waals surface area contributed by atoms with E-state index in [1.54, 1.807) is 18.2 Å². The fourth-order valence-corrected chi connectivity index (χ4v) is 1.84. The second kappa shape index (κ2) is 3.70. The molecule has 0 saturated carbocycles. The second-order valence-electron chi connectivity index (χ2n) is 4.03. The summed E-state index contributed by atoms with van der Waals surface area (Å²) >= 11 is 0. The highest BCUT2D eigenvalue weighted by molar-refractivity contribution is 6.21. The van der Waals surface area contributed by atoms with Crippen molar-refractivity contribution in [1.29, 1.82) is 0 Å². The van der Waals surface area contributed by atoms with Gasteiger partial charge in [-0.05, 0) is 26.0 Å². The van der Waals surface area contributed by atoms with E-state index in [9.17, 15) is 14.0 Å². The van der Waals surface area contributed by atoms with Gasteiger partial charge in [0.15, 0.2) is 0 Å². The number of amides is 2. The molecular formula is C12H12FNO2. The van der Waals surface area contributed by atoms with Crippen LogP contribution in [0.3, 0.4) is 0 Å². The summed E-state index contributed by atoms with van der Waals surface area (Å²) < 4.78 is 12.5. The number of hydrogen-bond donors (Lipinski definition) is 0. The molecule has 0 aromatic heterocycles. The maximum absolute atomic E-state index is 12.5. The largest absolute Gasteiger partial charge is 0.269 e. The lowest BCUT2D eigenvalue weighted by atomic mass is 10.1. The van der Waals surface area contributed by atoms with E-state index in [-0.39, 0.29) is 0 Å². The van der Waals surface area contributed by atoms with Crippen LogP contribution in [-0.4, -0.2) is 29.4 Å². The summed E-state index contributed by atoms with van der Waals surface area (Å²) in [5, 5.41) is 0. The fourth-order valence-electron chi connectivity index (χ4n) is 1.84. The molecule has 0 radical (unpaired) electrons. The number of imide groups is 1. The van der Waals surface area contributed by atoms with Crippen LogP contribution in [0.1, 0.15) is 33.2 Å². The van der Waals surface area contributed by atoms with Crippen molar-refractivity contribution in [2.75, 3.05) is 6.67 Å². The van der Waals surface area contributed by atoms with E-state index in [4.69, 9.17) is 0 Å². The van der Waals surface area contributed by atoms with Crippen LogP contribution in [0.25, 0.3) is 0 Å². The lowest BCUT2D eigenvalue weighted by Gasteiger charge is -2.19. The summed E-state index contributed by atoms with van der Waals surface area (Å²) in [5.74, 6) is -0.793. The van der Waals surface area contributed by atoms with Gasteiger partial charge in [-0.2, -0.15) is 0 Å². The fraction of sp³-hybridized carbons (Fsp3) is 0.333. The third-order valence-electron chi connectivity index (χ3n) is 2.74. The molecule has 1 heterocycles. The number of carbonyl (C=O) groups excluding carboxylic acids is 2. The van der Waals surface area contributed by atoms with Crippen molar-refractivity contribution in [2.24, 2.45) is 0 Å². The molecule has 0 fully saturated rings. The lowest BCUT2D eigenvalue weighted by Crippen LogP contribution is -2.39. The maximum Gasteiger partial charge on any atom is 0.261 e. The van der Waals surface area contributed by atoms with Crippen LogP contribution in [0, 0.1) is 6.92 Å². The molecule has 1 aliphatic heterocycles. The first-order chi connectivity index (χ1) is 7.56. The standard InChI is InChI=1S/C12H12FNO2/c1-7-3-4-9-10(5-7)12(16)14(11(9)15)8(2)6-13/h3-5,8H,6H2,1-2H3/t8-/m0/s1. The van der Waals surface area contributed by atoms with Crippen molar-refractivity contribution in [3.8, 4) is 0 Å². The molecule has 3 nitrogen and oxygen atoms in total. The van der Waals surface area contributed by atoms with Gasteiger partial charge in [0.1, 0.15) is 6.67 Å². The van der Waals surface area contributed by atoms with E-state index in [0.29, 0.717) is 11.1 Å². The highest BCUT2D eigenvalue weighted by atomic mass is 19.1. The van der Waals surface area contributed by atoms with Gasteiger partial charge in [-0.3, -0.25) is 14.5 Å². The van der Waals surface area contributed by atoms with E-state index in [2.05, 4.69) is 0 Å². The molecule has 1 aromatic carbocycles. The monoisotopic (exact) mass is 221 g/mol. The number of aryl methyl sites for hydroxylation is 1. The van der Waals surface area contributed by atoms with Crippen LogP contribution < -0.4 is 0 Å². The summed E-state index contributed by atoms with van der Waals surface area (Å²) in [4.78, 5) is 24.7. The van der Waals surface area contributed by atoms with E-state index >= 15 is 0 Å². The number of hydrogen-bond acceptors (Lipinski definition) is 2. The van der Waals surface area contributed by atoms with Crippen molar-refractivity contribution in [2.45, 2.75) is 19.9 Å². The van der Waals surface area contributed by atoms with Crippen LogP contribution >= 0.6 is 0 Å². The second-order valence-corrected chi connectivity index (χ2v) is 4.03. The van der Waals surface area contributed by atoms with Crippen molar-refractivity contribution < 1.29 is 14.0 Å². The van der Waals surface area contributed by atoms with Crippen LogP contribution in [0.15, 0.2) is 18.2 Å². The van der Waals surface area contributed by atoms with Gasteiger partial charge in [0.05, 0.1) is 17.2 Å². The van der Waals surface area contributed by atoms with Gasteiger partial charge in [-0.15, -0.1) is 0 Å². The Morgan fingerprint density at radius 2 is 1.88 bits per heavy atom. The average molecular weight is 221 g/mol. The van der Waals surface area contributed by atoms with Crippen molar-refractivity contribution >= 4 is 11.8 Å². The molecule has 2 amide bonds. The number of fused-ring (bicyclic) bond motifs is 1. The first kappa shape index (κ1) is 10.8. The Morgan fingerprint density at radius 1 is 1.25 bits per heavy atom. The predicted molar refractivity (Wildman–Crippen MR) is 57.1 cm³/mol. The third kappa shape index (κ3) is 1.41. The Bertz CT molecular complexity index is 470. The Labute approximate surface area is 92.9 Å². The van der Waals surface area contributed by atoms with Gasteiger partial charge >= 0.3 is 0 Å². The van der Waals surface area contributed by atoms with E-state index < -0.39 is 24.5 Å². The maximum atomic E-state index is 12.5. The smallest absolute Gasteiger partial charge is 0.261 e. The third-order valence-corrected chi connectivity index (χ3v) is 2.74. The zero-order chi connectivity index (χ0) is 11.9. The van der Waals surface area contributed by atoms with Crippen LogP contribution in [0.5, 0.6) is 0 Å². The summed E-state index contributed by atoms with van der Waals surface area (Å²) in [6, 6.07) is 4.36. The Hall–Kier alpha value is -1.71. The Kier molecular flexibility index (Phi) is 2.50. The lowest BCUT2D eigenvalue weighted by molar-refractivity contribution is 0.0575. The van der Waals surface area contributed by atoms with Gasteiger partial charge in [0, 0.05) is 0 Å². The molecule has 0 N–H and O–H groups in total. The predicted octanol–water partition coefficient (Wildman–Crippen LogP) is 1.95. The van der Waals surface area contributed by atoms with Crippen molar-refractivity contribution in [1.82, 2.24) is 4.90 Å². The molecule has 16 heavy (non-hydrogen) atoms. The minimum absolute atomic E-state index is 0.371. The van der Waals surface area contributed by atoms with Crippen molar-refractivity contribution in [3.63, 3.8) is 0 Å². The normalized spacial score (nSPS) is 16.6. The van der Waals surface area contributed by atoms with Gasteiger partial charge in [0.25, 0.3) is 11.8 Å².